The third-order valence-electron chi connectivity index (χ3n) is 5.73. The molecule has 1 heterocycles. The maximum absolute atomic E-state index is 12.8. The minimum absolute atomic E-state index is 0.235. The van der Waals surface area contributed by atoms with Crippen molar-refractivity contribution < 1.29 is 19.7 Å². The summed E-state index contributed by atoms with van der Waals surface area (Å²) in [4.78, 5) is 12.8. The fraction of sp³-hybridized carbons (Fsp3) is 0.292. The maximum Gasteiger partial charge on any atom is 0.339 e. The van der Waals surface area contributed by atoms with Crippen LogP contribution in [0.1, 0.15) is 48.9 Å². The Morgan fingerprint density at radius 2 is 1.43 bits per heavy atom. The lowest BCUT2D eigenvalue weighted by Gasteiger charge is -2.32. The molecule has 0 spiro atoms. The molecule has 1 aliphatic carbocycles. The van der Waals surface area contributed by atoms with E-state index in [1.54, 1.807) is 12.1 Å². The monoisotopic (exact) mass is 376 g/mol. The molecule has 28 heavy (non-hydrogen) atoms. The van der Waals surface area contributed by atoms with Gasteiger partial charge in [-0.1, -0.05) is 38.1 Å². The zero-order valence-corrected chi connectivity index (χ0v) is 16.2. The number of hydrogen-bond acceptors (Lipinski definition) is 4. The van der Waals surface area contributed by atoms with Crippen LogP contribution in [-0.2, 0) is 28.0 Å². The third-order valence-corrected chi connectivity index (χ3v) is 5.73. The van der Waals surface area contributed by atoms with Gasteiger partial charge in [-0.25, -0.2) is 4.79 Å². The third kappa shape index (κ3) is 2.63. The van der Waals surface area contributed by atoms with Gasteiger partial charge >= 0.3 is 5.97 Å². The number of esters is 1. The number of carbonyl (C=O) groups excluding carboxylic acids is 1. The number of fused-ring (bicyclic) bond motifs is 1. The first kappa shape index (κ1) is 18.4. The highest BCUT2D eigenvalue weighted by Gasteiger charge is 2.51. The lowest BCUT2D eigenvalue weighted by molar-refractivity contribution is -0.143. The lowest BCUT2D eigenvalue weighted by atomic mass is 9.76. The highest BCUT2D eigenvalue weighted by Crippen LogP contribution is 2.51. The number of benzene rings is 2. The Morgan fingerprint density at radius 1 is 0.893 bits per heavy atom. The van der Waals surface area contributed by atoms with Crippen molar-refractivity contribution in [3.8, 4) is 11.5 Å². The Balaban J connectivity index is 2.02. The van der Waals surface area contributed by atoms with Crippen LogP contribution in [-0.4, -0.2) is 16.2 Å². The standard InChI is InChI=1S/C24H24O4/c1-3-15-13-17(9-11-21(15)25)24(18-10-12-22(26)16(4-2)14-18)20-8-6-5-7-19(20)23(27)28-24/h7-14,25-26H,3-6H2,1-2H3. The first-order valence-electron chi connectivity index (χ1n) is 9.80. The van der Waals surface area contributed by atoms with Crippen molar-refractivity contribution in [1.82, 2.24) is 0 Å². The van der Waals surface area contributed by atoms with Crippen LogP contribution in [0, 0.1) is 0 Å². The number of phenolic OH excluding ortho intramolecular Hbond substituents is 2. The van der Waals surface area contributed by atoms with E-state index in [-0.39, 0.29) is 17.5 Å². The van der Waals surface area contributed by atoms with Gasteiger partial charge in [-0.15, -0.1) is 0 Å². The van der Waals surface area contributed by atoms with Gasteiger partial charge in [0.1, 0.15) is 11.5 Å². The van der Waals surface area contributed by atoms with Gasteiger partial charge in [-0.2, -0.15) is 0 Å². The highest BCUT2D eigenvalue weighted by molar-refractivity contribution is 5.99. The number of phenols is 2. The molecule has 0 bridgehead atoms. The van der Waals surface area contributed by atoms with Gasteiger partial charge in [0.25, 0.3) is 0 Å². The summed E-state index contributed by atoms with van der Waals surface area (Å²) in [5, 5.41) is 20.3. The lowest BCUT2D eigenvalue weighted by Crippen LogP contribution is -2.30. The summed E-state index contributed by atoms with van der Waals surface area (Å²) >= 11 is 0. The van der Waals surface area contributed by atoms with Crippen LogP contribution >= 0.6 is 0 Å². The number of aryl methyl sites for hydroxylation is 2. The van der Waals surface area contributed by atoms with Gasteiger partial charge in [0, 0.05) is 16.7 Å². The number of carbonyl (C=O) groups is 1. The minimum atomic E-state index is -1.07. The van der Waals surface area contributed by atoms with Crippen molar-refractivity contribution in [3.05, 3.63) is 82.0 Å². The van der Waals surface area contributed by atoms with E-state index >= 15 is 0 Å². The Bertz CT molecular complexity index is 960. The largest absolute Gasteiger partial charge is 0.508 e. The molecular weight excluding hydrogens is 352 g/mol. The molecule has 144 valence electrons. The second kappa shape index (κ2) is 6.86. The summed E-state index contributed by atoms with van der Waals surface area (Å²) in [7, 11) is 0. The van der Waals surface area contributed by atoms with Crippen LogP contribution in [0.3, 0.4) is 0 Å². The van der Waals surface area contributed by atoms with Gasteiger partial charge in [0.15, 0.2) is 5.60 Å². The molecular formula is C24H24O4. The van der Waals surface area contributed by atoms with E-state index in [9.17, 15) is 15.0 Å². The van der Waals surface area contributed by atoms with Gasteiger partial charge < -0.3 is 14.9 Å². The summed E-state index contributed by atoms with van der Waals surface area (Å²) in [6, 6.07) is 10.8. The number of rotatable bonds is 4. The molecule has 0 amide bonds. The molecule has 1 aliphatic heterocycles. The van der Waals surface area contributed by atoms with Crippen molar-refractivity contribution >= 4 is 5.97 Å². The fourth-order valence-electron chi connectivity index (χ4n) is 4.22. The van der Waals surface area contributed by atoms with E-state index in [0.717, 1.165) is 40.7 Å². The van der Waals surface area contributed by atoms with Crippen LogP contribution in [0.25, 0.3) is 0 Å². The predicted octanol–water partition coefficient (Wildman–Crippen LogP) is 4.67. The molecule has 2 aromatic rings. The van der Waals surface area contributed by atoms with Crippen molar-refractivity contribution in [3.63, 3.8) is 0 Å². The normalized spacial score (nSPS) is 17.6. The Kier molecular flexibility index (Phi) is 4.50. The second-order valence-electron chi connectivity index (χ2n) is 7.28. The number of allylic oxidation sites excluding steroid dienone is 2. The Hall–Kier alpha value is -3.01. The van der Waals surface area contributed by atoms with E-state index in [1.807, 2.05) is 44.2 Å². The van der Waals surface area contributed by atoms with Gasteiger partial charge in [-0.05, 0) is 61.1 Å². The zero-order valence-electron chi connectivity index (χ0n) is 16.2. The molecule has 1 fully saturated rings. The molecule has 0 aromatic heterocycles. The zero-order chi connectivity index (χ0) is 19.9. The van der Waals surface area contributed by atoms with Gasteiger partial charge in [0.2, 0.25) is 0 Å². The summed E-state index contributed by atoms with van der Waals surface area (Å²) in [5.74, 6) is 0.140. The molecule has 0 atom stereocenters. The molecule has 4 heteroatoms. The summed E-state index contributed by atoms with van der Waals surface area (Å²) in [5.41, 5.74) is 3.61. The molecule has 2 aliphatic rings. The molecule has 4 rings (SSSR count). The van der Waals surface area contributed by atoms with Crippen LogP contribution in [0.2, 0.25) is 0 Å². The van der Waals surface area contributed by atoms with Crippen molar-refractivity contribution in [2.24, 2.45) is 0 Å². The van der Waals surface area contributed by atoms with Crippen molar-refractivity contribution in [1.29, 1.82) is 0 Å². The van der Waals surface area contributed by atoms with E-state index in [2.05, 4.69) is 6.08 Å². The van der Waals surface area contributed by atoms with Gasteiger partial charge in [0.05, 0.1) is 5.57 Å². The predicted molar refractivity (Wildman–Crippen MR) is 107 cm³/mol. The quantitative estimate of drug-likeness (QED) is 0.761. The van der Waals surface area contributed by atoms with Crippen LogP contribution in [0.4, 0.5) is 0 Å². The van der Waals surface area contributed by atoms with Crippen LogP contribution in [0.15, 0.2) is 59.7 Å². The number of hydrogen-bond donors (Lipinski definition) is 2. The molecule has 2 aromatic carbocycles. The summed E-state index contributed by atoms with van der Waals surface area (Å²) < 4.78 is 6.11. The first-order valence-corrected chi connectivity index (χ1v) is 9.80. The first-order chi connectivity index (χ1) is 13.5. The second-order valence-corrected chi connectivity index (χ2v) is 7.28. The van der Waals surface area contributed by atoms with E-state index in [1.165, 1.54) is 0 Å². The Morgan fingerprint density at radius 3 is 1.96 bits per heavy atom. The number of cyclic esters (lactones) is 1. The van der Waals surface area contributed by atoms with E-state index in [4.69, 9.17) is 4.74 Å². The van der Waals surface area contributed by atoms with Crippen LogP contribution < -0.4 is 0 Å². The SMILES string of the molecule is CCc1cc(C2(c3ccc(O)c(CC)c3)OC(=O)C3=CCCC=C32)ccc1O. The number of aromatic hydroxyl groups is 2. The molecule has 1 saturated heterocycles. The smallest absolute Gasteiger partial charge is 0.339 e. The topological polar surface area (TPSA) is 66.8 Å². The average Bonchev–Trinajstić information content (AvgIpc) is 3.02. The van der Waals surface area contributed by atoms with E-state index in [0.29, 0.717) is 18.4 Å². The van der Waals surface area contributed by atoms with Crippen LogP contribution in [0.5, 0.6) is 11.5 Å². The van der Waals surface area contributed by atoms with E-state index < -0.39 is 5.60 Å². The Labute approximate surface area is 164 Å². The minimum Gasteiger partial charge on any atom is -0.508 e. The van der Waals surface area contributed by atoms with Crippen molar-refractivity contribution in [2.45, 2.75) is 45.1 Å². The summed E-state index contributed by atoms with van der Waals surface area (Å²) in [6.45, 7) is 3.96. The summed E-state index contributed by atoms with van der Waals surface area (Å²) in [6.07, 6.45) is 7.02. The molecule has 0 unspecified atom stereocenters. The molecule has 0 radical (unpaired) electrons. The fourth-order valence-corrected chi connectivity index (χ4v) is 4.22. The van der Waals surface area contributed by atoms with Crippen molar-refractivity contribution in [2.75, 3.05) is 0 Å². The average molecular weight is 376 g/mol. The highest BCUT2D eigenvalue weighted by atomic mass is 16.6. The number of ether oxygens (including phenoxy) is 1. The maximum atomic E-state index is 12.8. The van der Waals surface area contributed by atoms with Gasteiger partial charge in [-0.3, -0.25) is 0 Å². The molecule has 0 saturated carbocycles. The molecule has 2 N–H and O–H groups in total. The molecule has 4 nitrogen and oxygen atoms in total.